The maximum atomic E-state index is 13.8. The van der Waals surface area contributed by atoms with Gasteiger partial charge >= 0.3 is 0 Å². The summed E-state index contributed by atoms with van der Waals surface area (Å²) in [5, 5.41) is 11.7. The second-order valence-corrected chi connectivity index (χ2v) is 6.48. The molecule has 5 heteroatoms. The predicted molar refractivity (Wildman–Crippen MR) is 72.2 cm³/mol. The summed E-state index contributed by atoms with van der Waals surface area (Å²) in [7, 11) is 0. The Hall–Kier alpha value is -0.530. The molecule has 1 N–H and O–H groups in total. The molecule has 1 aromatic heterocycles. The topological polar surface area (TPSA) is 20.2 Å². The van der Waals surface area contributed by atoms with Crippen molar-refractivity contribution in [2.75, 3.05) is 0 Å². The van der Waals surface area contributed by atoms with Gasteiger partial charge in [-0.3, -0.25) is 0 Å². The van der Waals surface area contributed by atoms with Gasteiger partial charge in [0.25, 0.3) is 0 Å². The molecule has 1 heterocycles. The van der Waals surface area contributed by atoms with Crippen molar-refractivity contribution < 1.29 is 13.9 Å². The van der Waals surface area contributed by atoms with Gasteiger partial charge in [-0.15, -0.1) is 11.3 Å². The van der Waals surface area contributed by atoms with Gasteiger partial charge in [0.05, 0.1) is 8.45 Å². The summed E-state index contributed by atoms with van der Waals surface area (Å²) in [5.74, 6) is -1.40. The fourth-order valence-corrected chi connectivity index (χ4v) is 2.95. The number of aliphatic hydroxyl groups is 1. The van der Waals surface area contributed by atoms with Crippen LogP contribution in [0.2, 0.25) is 0 Å². The van der Waals surface area contributed by atoms with Crippen molar-refractivity contribution in [3.63, 3.8) is 0 Å². The van der Waals surface area contributed by atoms with E-state index in [1.807, 2.05) is 0 Å². The van der Waals surface area contributed by atoms with Gasteiger partial charge < -0.3 is 5.11 Å². The maximum absolute atomic E-state index is 13.8. The third kappa shape index (κ3) is 2.51. The lowest BCUT2D eigenvalue weighted by molar-refractivity contribution is 0.209. The van der Waals surface area contributed by atoms with Crippen LogP contribution in [0.5, 0.6) is 0 Å². The van der Waals surface area contributed by atoms with Crippen LogP contribution in [0.3, 0.4) is 0 Å². The van der Waals surface area contributed by atoms with Crippen molar-refractivity contribution in [3.8, 4) is 0 Å². The van der Waals surface area contributed by atoms with E-state index in [2.05, 4.69) is 22.6 Å². The molecule has 1 unspecified atom stereocenters. The predicted octanol–water partition coefficient (Wildman–Crippen LogP) is 4.02. The zero-order valence-corrected chi connectivity index (χ0v) is 11.9. The first-order valence-electron chi connectivity index (χ1n) is 4.87. The van der Waals surface area contributed by atoms with Gasteiger partial charge in [-0.25, -0.2) is 8.78 Å². The Bertz CT molecular complexity index is 553. The third-order valence-corrected chi connectivity index (χ3v) is 4.30. The minimum absolute atomic E-state index is 0.279. The first-order chi connectivity index (χ1) is 8.00. The van der Waals surface area contributed by atoms with E-state index in [0.717, 1.165) is 2.88 Å². The molecule has 0 saturated heterocycles. The van der Waals surface area contributed by atoms with E-state index in [1.54, 1.807) is 18.4 Å². The van der Waals surface area contributed by atoms with Crippen molar-refractivity contribution >= 4 is 33.9 Å². The molecule has 0 saturated carbocycles. The third-order valence-electron chi connectivity index (χ3n) is 2.50. The number of hydrogen-bond acceptors (Lipinski definition) is 2. The Morgan fingerprint density at radius 1 is 1.35 bits per heavy atom. The van der Waals surface area contributed by atoms with Gasteiger partial charge in [0, 0.05) is 0 Å². The molecule has 2 aromatic rings. The average molecular weight is 366 g/mol. The number of thiophene rings is 1. The van der Waals surface area contributed by atoms with Gasteiger partial charge in [-0.2, -0.15) is 0 Å². The van der Waals surface area contributed by atoms with Crippen molar-refractivity contribution in [1.29, 1.82) is 0 Å². The fourth-order valence-electron chi connectivity index (χ4n) is 1.56. The van der Waals surface area contributed by atoms with Crippen LogP contribution in [0.4, 0.5) is 8.78 Å². The summed E-state index contributed by atoms with van der Waals surface area (Å²) in [5.41, 5.74) is 0.562. The van der Waals surface area contributed by atoms with Crippen LogP contribution >= 0.6 is 33.9 Å². The summed E-state index contributed by atoms with van der Waals surface area (Å²) < 4.78 is 28.3. The highest BCUT2D eigenvalue weighted by Gasteiger charge is 2.21. The largest absolute Gasteiger partial charge is 0.383 e. The highest BCUT2D eigenvalue weighted by molar-refractivity contribution is 14.1. The van der Waals surface area contributed by atoms with Crippen molar-refractivity contribution in [2.24, 2.45) is 0 Å². The number of halogens is 3. The van der Waals surface area contributed by atoms with Crippen molar-refractivity contribution in [3.05, 3.63) is 54.8 Å². The van der Waals surface area contributed by atoms with E-state index in [1.165, 1.54) is 23.5 Å². The highest BCUT2D eigenvalue weighted by atomic mass is 127. The summed E-state index contributed by atoms with van der Waals surface area (Å²) in [6.45, 7) is 1.54. The van der Waals surface area contributed by atoms with E-state index in [-0.39, 0.29) is 5.56 Å². The zero-order chi connectivity index (χ0) is 12.6. The first-order valence-corrected chi connectivity index (χ1v) is 6.83. The molecule has 2 rings (SSSR count). The highest BCUT2D eigenvalue weighted by Crippen LogP contribution is 2.31. The number of aliphatic hydroxyl groups excluding tert-OH is 1. The van der Waals surface area contributed by atoms with E-state index in [4.69, 9.17) is 0 Å². The van der Waals surface area contributed by atoms with Crippen LogP contribution in [0.15, 0.2) is 23.6 Å². The Morgan fingerprint density at radius 2 is 2.06 bits per heavy atom. The summed E-state index contributed by atoms with van der Waals surface area (Å²) >= 11 is 3.52. The molecule has 1 nitrogen and oxygen atoms in total. The Kier molecular flexibility index (Phi) is 3.79. The van der Waals surface area contributed by atoms with Crippen LogP contribution in [0.1, 0.15) is 22.8 Å². The zero-order valence-electron chi connectivity index (χ0n) is 8.88. The second-order valence-electron chi connectivity index (χ2n) is 3.68. The van der Waals surface area contributed by atoms with Gasteiger partial charge in [0.2, 0.25) is 0 Å². The Morgan fingerprint density at radius 3 is 2.65 bits per heavy atom. The number of aryl methyl sites for hydroxylation is 1. The molecule has 0 aliphatic rings. The van der Waals surface area contributed by atoms with Crippen LogP contribution in [-0.4, -0.2) is 5.11 Å². The second kappa shape index (κ2) is 4.99. The minimum atomic E-state index is -1.25. The van der Waals surface area contributed by atoms with Crippen molar-refractivity contribution in [1.82, 2.24) is 0 Å². The van der Waals surface area contributed by atoms with Crippen LogP contribution < -0.4 is 0 Å². The molecule has 0 aliphatic heterocycles. The molecular formula is C12H9F2IOS. The van der Waals surface area contributed by atoms with Gasteiger partial charge in [0.15, 0.2) is 0 Å². The minimum Gasteiger partial charge on any atom is -0.383 e. The molecule has 0 radical (unpaired) electrons. The first kappa shape index (κ1) is 12.9. The molecular weight excluding hydrogens is 357 g/mol. The monoisotopic (exact) mass is 366 g/mol. The van der Waals surface area contributed by atoms with Gasteiger partial charge in [-0.05, 0) is 58.2 Å². The Labute approximate surface area is 115 Å². The van der Waals surface area contributed by atoms with Gasteiger partial charge in [-0.1, -0.05) is 6.07 Å². The summed E-state index contributed by atoms with van der Waals surface area (Å²) in [4.78, 5) is 0. The lowest BCUT2D eigenvalue weighted by Gasteiger charge is -2.13. The van der Waals surface area contributed by atoms with E-state index in [9.17, 15) is 13.9 Å². The fraction of sp³-hybridized carbons (Fsp3) is 0.167. The molecule has 0 fully saturated rings. The normalized spacial score (nSPS) is 12.8. The summed E-state index contributed by atoms with van der Waals surface area (Å²) in [6.07, 6.45) is -1.25. The van der Waals surface area contributed by atoms with Crippen LogP contribution in [0, 0.1) is 21.4 Å². The quantitative estimate of drug-likeness (QED) is 0.797. The molecule has 0 amide bonds. The van der Waals surface area contributed by atoms with Crippen LogP contribution in [0.25, 0.3) is 0 Å². The molecule has 0 aliphatic carbocycles. The van der Waals surface area contributed by atoms with E-state index < -0.39 is 17.7 Å². The van der Waals surface area contributed by atoms with Crippen molar-refractivity contribution in [2.45, 2.75) is 13.0 Å². The summed E-state index contributed by atoms with van der Waals surface area (Å²) in [6, 6.07) is 4.25. The molecule has 1 aromatic carbocycles. The average Bonchev–Trinajstić information content (AvgIpc) is 2.71. The Balaban J connectivity index is 2.50. The smallest absolute Gasteiger partial charge is 0.135 e. The number of benzene rings is 1. The standard InChI is InChI=1S/C12H9F2IOS/c1-6-2-3-8(13)10(11(6)14)12(16)7-4-9(15)17-5-7/h2-5,12,16H,1H3. The number of hydrogen-bond donors (Lipinski definition) is 1. The maximum Gasteiger partial charge on any atom is 0.135 e. The van der Waals surface area contributed by atoms with E-state index >= 15 is 0 Å². The van der Waals surface area contributed by atoms with E-state index in [0.29, 0.717) is 11.1 Å². The molecule has 1 atom stereocenters. The molecule has 0 spiro atoms. The lowest BCUT2D eigenvalue weighted by Crippen LogP contribution is -2.06. The SMILES string of the molecule is Cc1ccc(F)c(C(O)c2csc(I)c2)c1F. The van der Waals surface area contributed by atoms with Crippen LogP contribution in [-0.2, 0) is 0 Å². The molecule has 17 heavy (non-hydrogen) atoms. The molecule has 0 bridgehead atoms. The molecule has 90 valence electrons. The van der Waals surface area contributed by atoms with Gasteiger partial charge in [0.1, 0.15) is 17.7 Å². The number of rotatable bonds is 2. The lowest BCUT2D eigenvalue weighted by atomic mass is 10.0.